The molecule has 7 heteroatoms. The molecule has 0 aliphatic heterocycles. The highest BCUT2D eigenvalue weighted by Crippen LogP contribution is 2.32. The summed E-state index contributed by atoms with van der Waals surface area (Å²) >= 11 is 17.9. The molecule has 0 unspecified atom stereocenters. The van der Waals surface area contributed by atoms with Gasteiger partial charge in [-0.25, -0.2) is 0 Å². The molecule has 1 N–H and O–H groups in total. The standard InChI is InChI=1S/C13H9Cl3N2O2/c14-9-3-2-6-12(18(19)20)8(9)7-17-11-5-1-4-10(15)13(11)16/h1-6,17H,7H2. The molecule has 0 spiro atoms. The van der Waals surface area contributed by atoms with Crippen molar-refractivity contribution in [2.24, 2.45) is 0 Å². The molecule has 0 aliphatic rings. The lowest BCUT2D eigenvalue weighted by Crippen LogP contribution is -2.04. The fourth-order valence-electron chi connectivity index (χ4n) is 1.72. The number of rotatable bonds is 4. The number of anilines is 1. The largest absolute Gasteiger partial charge is 0.379 e. The molecule has 0 radical (unpaired) electrons. The molecule has 0 bridgehead atoms. The van der Waals surface area contributed by atoms with E-state index in [0.717, 1.165) is 0 Å². The van der Waals surface area contributed by atoms with Crippen LogP contribution < -0.4 is 5.32 Å². The quantitative estimate of drug-likeness (QED) is 0.621. The topological polar surface area (TPSA) is 55.2 Å². The van der Waals surface area contributed by atoms with Crippen molar-refractivity contribution in [1.82, 2.24) is 0 Å². The molecule has 0 amide bonds. The van der Waals surface area contributed by atoms with Crippen LogP contribution in [0.2, 0.25) is 15.1 Å². The first-order valence-electron chi connectivity index (χ1n) is 5.60. The van der Waals surface area contributed by atoms with Gasteiger partial charge >= 0.3 is 0 Å². The number of hydrogen-bond acceptors (Lipinski definition) is 3. The van der Waals surface area contributed by atoms with Gasteiger partial charge in [0.05, 0.1) is 31.2 Å². The van der Waals surface area contributed by atoms with Crippen molar-refractivity contribution in [1.29, 1.82) is 0 Å². The minimum absolute atomic E-state index is 0.0387. The van der Waals surface area contributed by atoms with E-state index in [0.29, 0.717) is 26.3 Å². The average molecular weight is 332 g/mol. The first kappa shape index (κ1) is 14.9. The zero-order valence-corrected chi connectivity index (χ0v) is 12.3. The second-order valence-electron chi connectivity index (χ2n) is 3.95. The van der Waals surface area contributed by atoms with Crippen LogP contribution in [0.15, 0.2) is 36.4 Å². The van der Waals surface area contributed by atoms with Crippen molar-refractivity contribution in [3.63, 3.8) is 0 Å². The van der Waals surface area contributed by atoms with E-state index in [9.17, 15) is 10.1 Å². The monoisotopic (exact) mass is 330 g/mol. The zero-order valence-electron chi connectivity index (χ0n) is 10.1. The predicted octanol–water partition coefficient (Wildman–Crippen LogP) is 5.17. The Balaban J connectivity index is 2.27. The van der Waals surface area contributed by atoms with Crippen LogP contribution >= 0.6 is 34.8 Å². The Morgan fingerprint density at radius 2 is 1.70 bits per heavy atom. The molecule has 0 aliphatic carbocycles. The first-order valence-corrected chi connectivity index (χ1v) is 6.73. The minimum Gasteiger partial charge on any atom is -0.379 e. The Bertz CT molecular complexity index is 662. The number of nitrogens with one attached hydrogen (secondary N) is 1. The van der Waals surface area contributed by atoms with E-state index in [1.54, 1.807) is 24.3 Å². The number of nitrogens with zero attached hydrogens (tertiary/aromatic N) is 1. The number of nitro benzene ring substituents is 1. The molecule has 2 aromatic carbocycles. The summed E-state index contributed by atoms with van der Waals surface area (Å²) < 4.78 is 0. The normalized spacial score (nSPS) is 10.3. The van der Waals surface area contributed by atoms with Gasteiger partial charge in [0.2, 0.25) is 0 Å². The molecular weight excluding hydrogens is 323 g/mol. The van der Waals surface area contributed by atoms with Crippen LogP contribution in [-0.2, 0) is 6.54 Å². The summed E-state index contributed by atoms with van der Waals surface area (Å²) in [7, 11) is 0. The minimum atomic E-state index is -0.470. The van der Waals surface area contributed by atoms with Crippen LogP contribution in [0.3, 0.4) is 0 Å². The molecule has 4 nitrogen and oxygen atoms in total. The number of nitro groups is 1. The van der Waals surface area contributed by atoms with Gasteiger partial charge in [0.15, 0.2) is 0 Å². The molecule has 0 atom stereocenters. The third-order valence-corrected chi connectivity index (χ3v) is 3.87. The van der Waals surface area contributed by atoms with Gasteiger partial charge in [0, 0.05) is 12.6 Å². The van der Waals surface area contributed by atoms with Gasteiger partial charge in [-0.3, -0.25) is 10.1 Å². The SMILES string of the molecule is O=[N+]([O-])c1cccc(Cl)c1CNc1cccc(Cl)c1Cl. The lowest BCUT2D eigenvalue weighted by atomic mass is 10.1. The van der Waals surface area contributed by atoms with E-state index in [4.69, 9.17) is 34.8 Å². The maximum absolute atomic E-state index is 11.0. The fraction of sp³-hybridized carbons (Fsp3) is 0.0769. The second kappa shape index (κ2) is 6.31. The summed E-state index contributed by atoms with van der Waals surface area (Å²) in [6.07, 6.45) is 0. The number of halogens is 3. The van der Waals surface area contributed by atoms with Crippen LogP contribution in [0, 0.1) is 10.1 Å². The van der Waals surface area contributed by atoms with Gasteiger partial charge in [-0.05, 0) is 18.2 Å². The molecule has 2 aromatic rings. The van der Waals surface area contributed by atoms with Crippen molar-refractivity contribution < 1.29 is 4.92 Å². The lowest BCUT2D eigenvalue weighted by Gasteiger charge is -2.10. The molecule has 20 heavy (non-hydrogen) atoms. The van der Waals surface area contributed by atoms with E-state index in [1.165, 1.54) is 12.1 Å². The molecule has 2 rings (SSSR count). The van der Waals surface area contributed by atoms with E-state index < -0.39 is 4.92 Å². The Morgan fingerprint density at radius 3 is 2.40 bits per heavy atom. The maximum atomic E-state index is 11.0. The lowest BCUT2D eigenvalue weighted by molar-refractivity contribution is -0.385. The molecule has 0 saturated carbocycles. The number of benzene rings is 2. The maximum Gasteiger partial charge on any atom is 0.275 e. The zero-order chi connectivity index (χ0) is 14.7. The van der Waals surface area contributed by atoms with E-state index in [2.05, 4.69) is 5.32 Å². The van der Waals surface area contributed by atoms with Crippen LogP contribution in [0.5, 0.6) is 0 Å². The molecule has 0 heterocycles. The number of hydrogen-bond donors (Lipinski definition) is 1. The third-order valence-electron chi connectivity index (χ3n) is 2.70. The Morgan fingerprint density at radius 1 is 1.05 bits per heavy atom. The van der Waals surface area contributed by atoms with Gasteiger partial charge in [0.25, 0.3) is 5.69 Å². The van der Waals surface area contributed by atoms with E-state index in [-0.39, 0.29) is 12.2 Å². The highest BCUT2D eigenvalue weighted by Gasteiger charge is 2.16. The summed E-state index contributed by atoms with van der Waals surface area (Å²) in [5, 5.41) is 15.1. The van der Waals surface area contributed by atoms with E-state index in [1.807, 2.05) is 0 Å². The second-order valence-corrected chi connectivity index (χ2v) is 5.14. The highest BCUT2D eigenvalue weighted by molar-refractivity contribution is 6.43. The molecule has 0 saturated heterocycles. The van der Waals surface area contributed by atoms with Gasteiger partial charge in [-0.1, -0.05) is 46.9 Å². The molecular formula is C13H9Cl3N2O2. The predicted molar refractivity (Wildman–Crippen MR) is 81.9 cm³/mol. The summed E-state index contributed by atoms with van der Waals surface area (Å²) in [5.74, 6) is 0. The van der Waals surface area contributed by atoms with Gasteiger partial charge in [-0.15, -0.1) is 0 Å². The van der Waals surface area contributed by atoms with Crippen molar-refractivity contribution in [3.8, 4) is 0 Å². The van der Waals surface area contributed by atoms with Crippen LogP contribution in [0.4, 0.5) is 11.4 Å². The molecule has 104 valence electrons. The Kier molecular flexibility index (Phi) is 4.70. The van der Waals surface area contributed by atoms with Crippen LogP contribution in [0.1, 0.15) is 5.56 Å². The van der Waals surface area contributed by atoms with Crippen LogP contribution in [0.25, 0.3) is 0 Å². The highest BCUT2D eigenvalue weighted by atomic mass is 35.5. The van der Waals surface area contributed by atoms with Crippen molar-refractivity contribution >= 4 is 46.2 Å². The van der Waals surface area contributed by atoms with Gasteiger partial charge in [0.1, 0.15) is 0 Å². The molecule has 0 fully saturated rings. The van der Waals surface area contributed by atoms with Crippen LogP contribution in [-0.4, -0.2) is 4.92 Å². The first-order chi connectivity index (χ1) is 9.50. The summed E-state index contributed by atoms with van der Waals surface area (Å²) in [6, 6.07) is 9.67. The van der Waals surface area contributed by atoms with Crippen molar-refractivity contribution in [3.05, 3.63) is 67.1 Å². The van der Waals surface area contributed by atoms with Gasteiger partial charge in [-0.2, -0.15) is 0 Å². The Labute approximate surface area is 130 Å². The average Bonchev–Trinajstić information content (AvgIpc) is 2.41. The molecule has 0 aromatic heterocycles. The Hall–Kier alpha value is -1.49. The summed E-state index contributed by atoms with van der Waals surface area (Å²) in [5.41, 5.74) is 0.951. The smallest absolute Gasteiger partial charge is 0.275 e. The fourth-order valence-corrected chi connectivity index (χ4v) is 2.32. The van der Waals surface area contributed by atoms with E-state index >= 15 is 0 Å². The van der Waals surface area contributed by atoms with Gasteiger partial charge < -0.3 is 5.32 Å². The van der Waals surface area contributed by atoms with Crippen molar-refractivity contribution in [2.75, 3.05) is 5.32 Å². The summed E-state index contributed by atoms with van der Waals surface area (Å²) in [4.78, 5) is 10.5. The third kappa shape index (κ3) is 3.15. The van der Waals surface area contributed by atoms with Crippen molar-refractivity contribution in [2.45, 2.75) is 6.54 Å². The summed E-state index contributed by atoms with van der Waals surface area (Å²) in [6.45, 7) is 0.177.